The average Bonchev–Trinajstić information content (AvgIpc) is 2.41. The van der Waals surface area contributed by atoms with Crippen LogP contribution in [0.15, 0.2) is 0 Å². The van der Waals surface area contributed by atoms with Crippen molar-refractivity contribution in [1.82, 2.24) is 0 Å². The maximum atomic E-state index is 9.77. The van der Waals surface area contributed by atoms with E-state index in [0.29, 0.717) is 44.9 Å². The second-order valence-corrected chi connectivity index (χ2v) is 5.65. The Balaban J connectivity index is 3.59. The van der Waals surface area contributed by atoms with Crippen LogP contribution < -0.4 is 0 Å². The van der Waals surface area contributed by atoms with Crippen molar-refractivity contribution in [3.8, 4) is 0 Å². The van der Waals surface area contributed by atoms with Gasteiger partial charge in [-0.25, -0.2) is 0 Å². The molecule has 0 aliphatic rings. The van der Waals surface area contributed by atoms with Gasteiger partial charge in [-0.2, -0.15) is 0 Å². The molecule has 0 aromatic carbocycles. The Bertz CT molecular complexity index is 190. The molecular weight excluding hydrogens is 260 g/mol. The van der Waals surface area contributed by atoms with E-state index < -0.39 is 18.3 Å². The molecule has 0 rings (SSSR count). The summed E-state index contributed by atoms with van der Waals surface area (Å²) in [5.74, 6) is 0. The minimum absolute atomic E-state index is 0.0456. The summed E-state index contributed by atoms with van der Waals surface area (Å²) in [6.45, 7) is 1.97. The highest BCUT2D eigenvalue weighted by Gasteiger charge is 2.13. The van der Waals surface area contributed by atoms with Crippen molar-refractivity contribution >= 4 is 0 Å². The maximum absolute atomic E-state index is 9.77. The Hall–Kier alpha value is -0.200. The van der Waals surface area contributed by atoms with Gasteiger partial charge in [0.25, 0.3) is 0 Å². The van der Waals surface area contributed by atoms with E-state index in [-0.39, 0.29) is 12.7 Å². The molecular formula is C15H32O5. The van der Waals surface area contributed by atoms with Gasteiger partial charge in [0.2, 0.25) is 0 Å². The van der Waals surface area contributed by atoms with E-state index in [0.717, 1.165) is 12.8 Å². The van der Waals surface area contributed by atoms with Gasteiger partial charge in [0, 0.05) is 6.61 Å². The van der Waals surface area contributed by atoms with Gasteiger partial charge in [0.1, 0.15) is 0 Å². The van der Waals surface area contributed by atoms with Crippen molar-refractivity contribution in [3.05, 3.63) is 0 Å². The average molecular weight is 292 g/mol. The van der Waals surface area contributed by atoms with Crippen LogP contribution in [-0.2, 0) is 0 Å². The van der Waals surface area contributed by atoms with Crippen LogP contribution in [0.25, 0.3) is 0 Å². The van der Waals surface area contributed by atoms with Gasteiger partial charge < -0.3 is 25.5 Å². The third-order valence-electron chi connectivity index (χ3n) is 3.58. The molecule has 122 valence electrons. The lowest BCUT2D eigenvalue weighted by Gasteiger charge is -2.17. The van der Waals surface area contributed by atoms with Gasteiger partial charge in [-0.3, -0.25) is 0 Å². The molecule has 0 saturated heterocycles. The van der Waals surface area contributed by atoms with Crippen molar-refractivity contribution in [1.29, 1.82) is 0 Å². The van der Waals surface area contributed by atoms with E-state index >= 15 is 0 Å². The number of aliphatic hydroxyl groups is 5. The van der Waals surface area contributed by atoms with Crippen LogP contribution in [0.2, 0.25) is 0 Å². The van der Waals surface area contributed by atoms with E-state index in [4.69, 9.17) is 5.11 Å². The number of rotatable bonds is 13. The summed E-state index contributed by atoms with van der Waals surface area (Å²) in [5, 5.41) is 47.1. The fourth-order valence-corrected chi connectivity index (χ4v) is 2.21. The minimum Gasteiger partial charge on any atom is -0.396 e. The second-order valence-electron chi connectivity index (χ2n) is 5.65. The lowest BCUT2D eigenvalue weighted by Crippen LogP contribution is -2.18. The van der Waals surface area contributed by atoms with Crippen molar-refractivity contribution < 1.29 is 25.5 Å². The third kappa shape index (κ3) is 11.6. The first kappa shape index (κ1) is 19.8. The topological polar surface area (TPSA) is 101 Å². The molecule has 0 radical (unpaired) electrons. The summed E-state index contributed by atoms with van der Waals surface area (Å²) in [4.78, 5) is 0. The molecule has 5 nitrogen and oxygen atoms in total. The second kappa shape index (κ2) is 12.5. The molecule has 20 heavy (non-hydrogen) atoms. The monoisotopic (exact) mass is 292 g/mol. The number of hydrogen-bond donors (Lipinski definition) is 5. The molecule has 0 aromatic heterocycles. The van der Waals surface area contributed by atoms with E-state index in [9.17, 15) is 20.4 Å². The van der Waals surface area contributed by atoms with Crippen molar-refractivity contribution in [2.75, 3.05) is 6.61 Å². The fourth-order valence-electron chi connectivity index (χ4n) is 2.21. The first-order valence-electron chi connectivity index (χ1n) is 7.82. The summed E-state index contributed by atoms with van der Waals surface area (Å²) < 4.78 is 0. The van der Waals surface area contributed by atoms with Gasteiger partial charge >= 0.3 is 0 Å². The molecule has 0 aliphatic carbocycles. The molecule has 4 atom stereocenters. The molecule has 4 unspecified atom stereocenters. The van der Waals surface area contributed by atoms with Crippen LogP contribution in [0, 0.1) is 0 Å². The highest BCUT2D eigenvalue weighted by Crippen LogP contribution is 2.14. The molecule has 0 heterocycles. The zero-order valence-corrected chi connectivity index (χ0v) is 12.6. The van der Waals surface area contributed by atoms with Gasteiger partial charge in [-0.1, -0.05) is 13.3 Å². The molecule has 0 bridgehead atoms. The van der Waals surface area contributed by atoms with Crippen LogP contribution in [-0.4, -0.2) is 56.6 Å². The van der Waals surface area contributed by atoms with Crippen LogP contribution in [0.5, 0.6) is 0 Å². The van der Waals surface area contributed by atoms with Crippen LogP contribution >= 0.6 is 0 Å². The summed E-state index contributed by atoms with van der Waals surface area (Å²) >= 11 is 0. The third-order valence-corrected chi connectivity index (χ3v) is 3.58. The fraction of sp³-hybridized carbons (Fsp3) is 1.00. The van der Waals surface area contributed by atoms with Crippen molar-refractivity contribution in [3.63, 3.8) is 0 Å². The van der Waals surface area contributed by atoms with Gasteiger partial charge in [0.05, 0.1) is 24.4 Å². The first-order chi connectivity index (χ1) is 9.49. The van der Waals surface area contributed by atoms with Crippen molar-refractivity contribution in [2.45, 2.75) is 89.1 Å². The molecule has 5 N–H and O–H groups in total. The Labute approximate surface area is 122 Å². The van der Waals surface area contributed by atoms with Crippen LogP contribution in [0.4, 0.5) is 0 Å². The summed E-state index contributed by atoms with van der Waals surface area (Å²) in [5.41, 5.74) is 0. The van der Waals surface area contributed by atoms with E-state index in [1.165, 1.54) is 0 Å². The smallest absolute Gasteiger partial charge is 0.0563 e. The predicted octanol–water partition coefficient (Wildman–Crippen LogP) is 0.953. The molecule has 0 aliphatic heterocycles. The SMILES string of the molecule is CCCC(O)CCC(O)CCC(O)CCC(O)CCO. The quantitative estimate of drug-likeness (QED) is 0.348. The van der Waals surface area contributed by atoms with E-state index in [1.807, 2.05) is 6.92 Å². The molecule has 0 aromatic rings. The van der Waals surface area contributed by atoms with Gasteiger partial charge in [-0.05, 0) is 51.4 Å². The van der Waals surface area contributed by atoms with E-state index in [2.05, 4.69) is 0 Å². The lowest BCUT2D eigenvalue weighted by atomic mass is 9.99. The summed E-state index contributed by atoms with van der Waals surface area (Å²) in [7, 11) is 0. The lowest BCUT2D eigenvalue weighted by molar-refractivity contribution is 0.0698. The highest BCUT2D eigenvalue weighted by atomic mass is 16.3. The summed E-state index contributed by atoms with van der Waals surface area (Å²) in [6.07, 6.45) is 3.22. The zero-order valence-electron chi connectivity index (χ0n) is 12.6. The zero-order chi connectivity index (χ0) is 15.4. The van der Waals surface area contributed by atoms with Crippen molar-refractivity contribution in [2.24, 2.45) is 0 Å². The first-order valence-corrected chi connectivity index (χ1v) is 7.82. The summed E-state index contributed by atoms with van der Waals surface area (Å²) in [6, 6.07) is 0. The Morgan fingerprint density at radius 1 is 0.550 bits per heavy atom. The predicted molar refractivity (Wildman–Crippen MR) is 78.3 cm³/mol. The largest absolute Gasteiger partial charge is 0.396 e. The number of hydrogen-bond acceptors (Lipinski definition) is 5. The molecule has 0 saturated carbocycles. The normalized spacial score (nSPS) is 17.7. The molecule has 5 heteroatoms. The standard InChI is InChI=1S/C15H32O5/c1-2-3-12(17)4-5-13(18)6-7-14(19)8-9-15(20)10-11-16/h12-20H,2-11H2,1H3. The van der Waals surface area contributed by atoms with Gasteiger partial charge in [0.15, 0.2) is 0 Å². The molecule has 0 amide bonds. The van der Waals surface area contributed by atoms with Gasteiger partial charge in [-0.15, -0.1) is 0 Å². The maximum Gasteiger partial charge on any atom is 0.0563 e. The van der Waals surface area contributed by atoms with Crippen LogP contribution in [0.3, 0.4) is 0 Å². The van der Waals surface area contributed by atoms with E-state index in [1.54, 1.807) is 0 Å². The van der Waals surface area contributed by atoms with Crippen LogP contribution in [0.1, 0.15) is 64.7 Å². The Kier molecular flexibility index (Phi) is 12.4. The Morgan fingerprint density at radius 2 is 0.850 bits per heavy atom. The highest BCUT2D eigenvalue weighted by molar-refractivity contribution is 4.66. The minimum atomic E-state index is -0.566. The number of aliphatic hydroxyl groups excluding tert-OH is 5. The molecule has 0 spiro atoms. The molecule has 0 fully saturated rings. The Morgan fingerprint density at radius 3 is 1.15 bits per heavy atom.